The van der Waals surface area contributed by atoms with E-state index in [2.05, 4.69) is 16.0 Å². The summed E-state index contributed by atoms with van der Waals surface area (Å²) in [6.07, 6.45) is 1.31. The average Bonchev–Trinajstić information content (AvgIpc) is 3.21. The Hall–Kier alpha value is -2.86. The normalized spacial score (nSPS) is 16.1. The van der Waals surface area contributed by atoms with E-state index in [9.17, 15) is 9.59 Å². The summed E-state index contributed by atoms with van der Waals surface area (Å²) < 4.78 is 5.38. The Labute approximate surface area is 152 Å². The van der Waals surface area contributed by atoms with Gasteiger partial charge in [-0.05, 0) is 36.1 Å². The summed E-state index contributed by atoms with van der Waals surface area (Å²) in [5, 5.41) is 8.50. The summed E-state index contributed by atoms with van der Waals surface area (Å²) in [6.45, 7) is 1.49. The lowest BCUT2D eigenvalue weighted by Crippen LogP contribution is -2.34. The van der Waals surface area contributed by atoms with E-state index in [-0.39, 0.29) is 18.0 Å². The predicted molar refractivity (Wildman–Crippen MR) is 99.6 cm³/mol. The molecule has 6 nitrogen and oxygen atoms in total. The summed E-state index contributed by atoms with van der Waals surface area (Å²) in [7, 11) is 0. The number of benzene rings is 2. The van der Waals surface area contributed by atoms with Crippen molar-refractivity contribution in [2.24, 2.45) is 0 Å². The molecule has 2 aromatic rings. The highest BCUT2D eigenvalue weighted by atomic mass is 16.5. The summed E-state index contributed by atoms with van der Waals surface area (Å²) in [4.78, 5) is 24.0. The van der Waals surface area contributed by atoms with E-state index in [0.717, 1.165) is 24.0 Å². The van der Waals surface area contributed by atoms with Gasteiger partial charge in [0.25, 0.3) is 5.91 Å². The van der Waals surface area contributed by atoms with Crippen LogP contribution in [-0.4, -0.2) is 24.6 Å². The number of nitrogens with one attached hydrogen (secondary N) is 3. The number of amides is 3. The van der Waals surface area contributed by atoms with Gasteiger partial charge in [-0.15, -0.1) is 0 Å². The Morgan fingerprint density at radius 2 is 1.69 bits per heavy atom. The van der Waals surface area contributed by atoms with Gasteiger partial charge in [-0.1, -0.05) is 42.5 Å². The largest absolute Gasteiger partial charge is 0.368 e. The van der Waals surface area contributed by atoms with Crippen LogP contribution < -0.4 is 16.0 Å². The van der Waals surface area contributed by atoms with E-state index in [1.165, 1.54) is 0 Å². The molecule has 1 atom stereocenters. The van der Waals surface area contributed by atoms with Crippen LogP contribution in [0.3, 0.4) is 0 Å². The van der Waals surface area contributed by atoms with Crippen LogP contribution in [-0.2, 0) is 22.6 Å². The number of rotatable bonds is 6. The first kappa shape index (κ1) is 17.9. The number of hydrogen-bond donors (Lipinski definition) is 3. The molecular formula is C20H23N3O3. The van der Waals surface area contributed by atoms with E-state index < -0.39 is 0 Å². The molecule has 1 fully saturated rings. The second-order valence-electron chi connectivity index (χ2n) is 6.21. The molecule has 0 spiro atoms. The van der Waals surface area contributed by atoms with E-state index in [1.807, 2.05) is 54.6 Å². The quantitative estimate of drug-likeness (QED) is 0.747. The molecule has 26 heavy (non-hydrogen) atoms. The molecule has 0 bridgehead atoms. The Morgan fingerprint density at radius 1 is 0.962 bits per heavy atom. The van der Waals surface area contributed by atoms with Crippen molar-refractivity contribution in [3.8, 4) is 0 Å². The molecule has 0 unspecified atom stereocenters. The van der Waals surface area contributed by atoms with Gasteiger partial charge in [-0.25, -0.2) is 4.79 Å². The van der Waals surface area contributed by atoms with Gasteiger partial charge in [0.05, 0.1) is 0 Å². The first-order valence-electron chi connectivity index (χ1n) is 8.78. The molecule has 3 N–H and O–H groups in total. The van der Waals surface area contributed by atoms with Crippen LogP contribution in [0, 0.1) is 0 Å². The van der Waals surface area contributed by atoms with Crippen LogP contribution in [0.5, 0.6) is 0 Å². The SMILES string of the molecule is O=C(NCc1ccccc1)NCc1cccc(NC(=O)[C@@H]2CCCO2)c1. The predicted octanol–water partition coefficient (Wildman–Crippen LogP) is 2.80. The van der Waals surface area contributed by atoms with E-state index in [0.29, 0.717) is 25.4 Å². The Morgan fingerprint density at radius 3 is 2.42 bits per heavy atom. The maximum atomic E-state index is 12.1. The third kappa shape index (κ3) is 5.32. The second kappa shape index (κ2) is 9.01. The van der Waals surface area contributed by atoms with Crippen LogP contribution in [0.15, 0.2) is 54.6 Å². The zero-order valence-electron chi connectivity index (χ0n) is 14.5. The number of carbonyl (C=O) groups excluding carboxylic acids is 2. The van der Waals surface area contributed by atoms with Crippen LogP contribution in [0.4, 0.5) is 10.5 Å². The van der Waals surface area contributed by atoms with Crippen LogP contribution in [0.2, 0.25) is 0 Å². The molecule has 6 heteroatoms. The fourth-order valence-corrected chi connectivity index (χ4v) is 2.79. The smallest absolute Gasteiger partial charge is 0.315 e. The maximum absolute atomic E-state index is 12.1. The lowest BCUT2D eigenvalue weighted by Gasteiger charge is -2.12. The lowest BCUT2D eigenvalue weighted by atomic mass is 10.2. The van der Waals surface area contributed by atoms with Gasteiger partial charge in [0.1, 0.15) is 6.10 Å². The van der Waals surface area contributed by atoms with Crippen molar-refractivity contribution in [2.75, 3.05) is 11.9 Å². The second-order valence-corrected chi connectivity index (χ2v) is 6.21. The fraction of sp³-hybridized carbons (Fsp3) is 0.300. The third-order valence-electron chi connectivity index (χ3n) is 4.17. The minimum absolute atomic E-state index is 0.117. The minimum Gasteiger partial charge on any atom is -0.368 e. The molecule has 0 aromatic heterocycles. The molecule has 1 heterocycles. The number of anilines is 1. The van der Waals surface area contributed by atoms with Gasteiger partial charge >= 0.3 is 6.03 Å². The fourth-order valence-electron chi connectivity index (χ4n) is 2.79. The molecule has 136 valence electrons. The van der Waals surface area contributed by atoms with Gasteiger partial charge in [-0.2, -0.15) is 0 Å². The van der Waals surface area contributed by atoms with Crippen LogP contribution in [0.25, 0.3) is 0 Å². The van der Waals surface area contributed by atoms with Crippen LogP contribution in [0.1, 0.15) is 24.0 Å². The highest BCUT2D eigenvalue weighted by Crippen LogP contribution is 2.16. The maximum Gasteiger partial charge on any atom is 0.315 e. The molecule has 3 amide bonds. The summed E-state index contributed by atoms with van der Waals surface area (Å²) >= 11 is 0. The molecule has 1 aliphatic heterocycles. The van der Waals surface area contributed by atoms with Gasteiger partial charge in [-0.3, -0.25) is 4.79 Å². The topological polar surface area (TPSA) is 79.5 Å². The van der Waals surface area contributed by atoms with Crippen molar-refractivity contribution in [3.05, 3.63) is 65.7 Å². The summed E-state index contributed by atoms with van der Waals surface area (Å²) in [5.41, 5.74) is 2.65. The van der Waals surface area contributed by atoms with E-state index >= 15 is 0 Å². The third-order valence-corrected chi connectivity index (χ3v) is 4.17. The summed E-state index contributed by atoms with van der Waals surface area (Å²) in [6, 6.07) is 16.9. The first-order chi connectivity index (χ1) is 12.7. The van der Waals surface area contributed by atoms with Crippen molar-refractivity contribution in [1.29, 1.82) is 0 Å². The van der Waals surface area contributed by atoms with Crippen molar-refractivity contribution in [2.45, 2.75) is 32.0 Å². The van der Waals surface area contributed by atoms with Gasteiger partial charge < -0.3 is 20.7 Å². The average molecular weight is 353 g/mol. The van der Waals surface area contributed by atoms with Crippen molar-refractivity contribution < 1.29 is 14.3 Å². The Balaban J connectivity index is 1.45. The molecule has 0 saturated carbocycles. The standard InChI is InChI=1S/C20H23N3O3/c24-19(18-10-5-11-26-18)23-17-9-4-8-16(12-17)14-22-20(25)21-13-15-6-2-1-3-7-15/h1-4,6-9,12,18H,5,10-11,13-14H2,(H,23,24)(H2,21,22,25)/t18-/m0/s1. The molecule has 0 aliphatic carbocycles. The number of urea groups is 1. The van der Waals surface area contributed by atoms with Crippen molar-refractivity contribution in [1.82, 2.24) is 10.6 Å². The zero-order chi connectivity index (χ0) is 18.2. The number of carbonyl (C=O) groups is 2. The number of ether oxygens (including phenoxy) is 1. The van der Waals surface area contributed by atoms with Crippen molar-refractivity contribution >= 4 is 17.6 Å². The molecule has 3 rings (SSSR count). The first-order valence-corrected chi connectivity index (χ1v) is 8.78. The Kier molecular flexibility index (Phi) is 6.22. The Bertz CT molecular complexity index is 743. The lowest BCUT2D eigenvalue weighted by molar-refractivity contribution is -0.124. The van der Waals surface area contributed by atoms with Gasteiger partial charge in [0.15, 0.2) is 0 Å². The van der Waals surface area contributed by atoms with E-state index in [4.69, 9.17) is 4.74 Å². The summed E-state index contributed by atoms with van der Waals surface area (Å²) in [5.74, 6) is -0.117. The highest BCUT2D eigenvalue weighted by Gasteiger charge is 2.23. The van der Waals surface area contributed by atoms with Gasteiger partial charge in [0.2, 0.25) is 0 Å². The molecule has 1 saturated heterocycles. The molecule has 0 radical (unpaired) electrons. The molecule has 2 aromatic carbocycles. The van der Waals surface area contributed by atoms with Crippen LogP contribution >= 0.6 is 0 Å². The van der Waals surface area contributed by atoms with Crippen molar-refractivity contribution in [3.63, 3.8) is 0 Å². The van der Waals surface area contributed by atoms with Gasteiger partial charge in [0, 0.05) is 25.4 Å². The molecular weight excluding hydrogens is 330 g/mol. The number of hydrogen-bond acceptors (Lipinski definition) is 3. The monoisotopic (exact) mass is 353 g/mol. The molecule has 1 aliphatic rings. The minimum atomic E-state index is -0.361. The highest BCUT2D eigenvalue weighted by molar-refractivity contribution is 5.94. The zero-order valence-corrected chi connectivity index (χ0v) is 14.5. The van der Waals surface area contributed by atoms with E-state index in [1.54, 1.807) is 0 Å².